The fourth-order valence-electron chi connectivity index (χ4n) is 1.53. The van der Waals surface area contributed by atoms with Crippen LogP contribution in [0.5, 0.6) is 0 Å². The fraction of sp³-hybridized carbons (Fsp3) is 0.167. The first-order valence-corrected chi connectivity index (χ1v) is 6.80. The maximum absolute atomic E-state index is 6.42. The molecule has 16 heavy (non-hydrogen) atoms. The number of rotatable bonds is 2. The summed E-state index contributed by atoms with van der Waals surface area (Å²) in [5.41, 5.74) is 2.02. The van der Waals surface area contributed by atoms with Crippen molar-refractivity contribution in [1.29, 1.82) is 0 Å². The van der Waals surface area contributed by atoms with E-state index in [1.54, 1.807) is 11.3 Å². The first-order valence-electron chi connectivity index (χ1n) is 4.73. The Kier molecular flexibility index (Phi) is 3.81. The molecule has 0 aliphatic carbocycles. The van der Waals surface area contributed by atoms with E-state index in [4.69, 9.17) is 34.8 Å². The van der Waals surface area contributed by atoms with Crippen molar-refractivity contribution in [3.63, 3.8) is 0 Å². The van der Waals surface area contributed by atoms with Crippen molar-refractivity contribution in [2.75, 3.05) is 0 Å². The molecule has 84 valence electrons. The van der Waals surface area contributed by atoms with Crippen LogP contribution in [0.25, 0.3) is 0 Å². The largest absolute Gasteiger partial charge is 0.145 e. The minimum atomic E-state index is -0.230. The Balaban J connectivity index is 2.46. The predicted octanol–water partition coefficient (Wildman–Crippen LogP) is 5.69. The lowest BCUT2D eigenvalue weighted by Crippen LogP contribution is -1.95. The van der Waals surface area contributed by atoms with E-state index in [9.17, 15) is 0 Å². The summed E-state index contributed by atoms with van der Waals surface area (Å²) < 4.78 is 0. The molecule has 1 heterocycles. The van der Waals surface area contributed by atoms with Gasteiger partial charge in [-0.3, -0.25) is 0 Å². The van der Waals surface area contributed by atoms with Gasteiger partial charge in [-0.1, -0.05) is 35.3 Å². The lowest BCUT2D eigenvalue weighted by molar-refractivity contribution is 1.15. The molecule has 1 atom stereocenters. The van der Waals surface area contributed by atoms with E-state index in [-0.39, 0.29) is 5.38 Å². The normalized spacial score (nSPS) is 12.8. The third-order valence-corrected chi connectivity index (χ3v) is 4.87. The third-order valence-electron chi connectivity index (χ3n) is 2.46. The number of thiophene rings is 1. The van der Waals surface area contributed by atoms with Crippen LogP contribution in [0.4, 0.5) is 0 Å². The van der Waals surface area contributed by atoms with Gasteiger partial charge in [-0.2, -0.15) is 0 Å². The van der Waals surface area contributed by atoms with Gasteiger partial charge in [0, 0.05) is 9.90 Å². The maximum atomic E-state index is 6.42. The maximum Gasteiger partial charge on any atom is 0.0945 e. The average molecular weight is 292 g/mol. The number of hydrogen-bond donors (Lipinski definition) is 0. The minimum absolute atomic E-state index is 0.230. The molecule has 1 aromatic carbocycles. The molecule has 0 nitrogen and oxygen atoms in total. The molecule has 1 unspecified atom stereocenters. The predicted molar refractivity (Wildman–Crippen MR) is 73.2 cm³/mol. The lowest BCUT2D eigenvalue weighted by Gasteiger charge is -2.12. The number of hydrogen-bond acceptors (Lipinski definition) is 1. The Morgan fingerprint density at radius 2 is 1.88 bits per heavy atom. The van der Waals surface area contributed by atoms with E-state index >= 15 is 0 Å². The van der Waals surface area contributed by atoms with Gasteiger partial charge in [0.05, 0.1) is 10.4 Å². The van der Waals surface area contributed by atoms with E-state index in [1.165, 1.54) is 0 Å². The summed E-state index contributed by atoms with van der Waals surface area (Å²) in [6, 6.07) is 7.60. The van der Waals surface area contributed by atoms with Crippen LogP contribution in [-0.2, 0) is 0 Å². The van der Waals surface area contributed by atoms with Crippen LogP contribution in [0.3, 0.4) is 0 Å². The van der Waals surface area contributed by atoms with Crippen molar-refractivity contribution in [3.8, 4) is 0 Å². The molecule has 0 fully saturated rings. The summed E-state index contributed by atoms with van der Waals surface area (Å²) in [5, 5.41) is 3.15. The highest BCUT2D eigenvalue weighted by Crippen LogP contribution is 2.39. The van der Waals surface area contributed by atoms with Crippen LogP contribution in [0.1, 0.15) is 21.4 Å². The molecule has 0 aliphatic heterocycles. The lowest BCUT2D eigenvalue weighted by atomic mass is 10.0. The molecule has 0 saturated carbocycles. The molecule has 2 aromatic rings. The molecule has 0 radical (unpaired) electrons. The number of alkyl halides is 1. The number of benzene rings is 1. The second-order valence-electron chi connectivity index (χ2n) is 3.45. The second-order valence-corrected chi connectivity index (χ2v) is 5.65. The van der Waals surface area contributed by atoms with Gasteiger partial charge >= 0.3 is 0 Å². The molecule has 0 spiro atoms. The first kappa shape index (κ1) is 12.3. The molecule has 1 aromatic heterocycles. The van der Waals surface area contributed by atoms with Crippen LogP contribution in [0.2, 0.25) is 10.0 Å². The van der Waals surface area contributed by atoms with Gasteiger partial charge in [-0.05, 0) is 35.6 Å². The highest BCUT2D eigenvalue weighted by Gasteiger charge is 2.18. The topological polar surface area (TPSA) is 0 Å². The zero-order chi connectivity index (χ0) is 11.7. The fourth-order valence-corrected chi connectivity index (χ4v) is 3.43. The van der Waals surface area contributed by atoms with Gasteiger partial charge in [-0.25, -0.2) is 0 Å². The van der Waals surface area contributed by atoms with Gasteiger partial charge in [-0.15, -0.1) is 22.9 Å². The Hall–Kier alpha value is -0.210. The summed E-state index contributed by atoms with van der Waals surface area (Å²) in [6.07, 6.45) is 0. The summed E-state index contributed by atoms with van der Waals surface area (Å²) >= 11 is 20.1. The second kappa shape index (κ2) is 4.97. The van der Waals surface area contributed by atoms with Crippen molar-refractivity contribution in [2.24, 2.45) is 0 Å². The smallest absolute Gasteiger partial charge is 0.0945 e. The van der Waals surface area contributed by atoms with Crippen LogP contribution < -0.4 is 0 Å². The van der Waals surface area contributed by atoms with Crippen molar-refractivity contribution in [2.45, 2.75) is 12.3 Å². The molecule has 0 amide bonds. The van der Waals surface area contributed by atoms with Gasteiger partial charge < -0.3 is 0 Å². The minimum Gasteiger partial charge on any atom is -0.145 e. The summed E-state index contributed by atoms with van der Waals surface area (Å²) in [7, 11) is 0. The SMILES string of the molecule is Cc1c(Cl)cccc1C(Cl)c1sccc1Cl. The van der Waals surface area contributed by atoms with Gasteiger partial charge in [0.1, 0.15) is 0 Å². The Bertz CT molecular complexity index is 505. The molecule has 0 bridgehead atoms. The number of halogens is 3. The zero-order valence-corrected chi connectivity index (χ0v) is 11.6. The van der Waals surface area contributed by atoms with Crippen molar-refractivity contribution < 1.29 is 0 Å². The van der Waals surface area contributed by atoms with Crippen LogP contribution in [0.15, 0.2) is 29.6 Å². The zero-order valence-electron chi connectivity index (χ0n) is 8.51. The van der Waals surface area contributed by atoms with Crippen molar-refractivity contribution >= 4 is 46.1 Å². The van der Waals surface area contributed by atoms with Gasteiger partial charge in [0.25, 0.3) is 0 Å². The molecular formula is C12H9Cl3S. The van der Waals surface area contributed by atoms with E-state index < -0.39 is 0 Å². The standard InChI is InChI=1S/C12H9Cl3S/c1-7-8(3-2-4-9(7)13)11(15)12-10(14)5-6-16-12/h2-6,11H,1H3. The molecule has 0 aliphatic rings. The highest BCUT2D eigenvalue weighted by atomic mass is 35.5. The molecule has 0 N–H and O–H groups in total. The monoisotopic (exact) mass is 290 g/mol. The van der Waals surface area contributed by atoms with Crippen LogP contribution >= 0.6 is 46.1 Å². The Morgan fingerprint density at radius 3 is 2.50 bits per heavy atom. The summed E-state index contributed by atoms with van der Waals surface area (Å²) in [4.78, 5) is 0.966. The van der Waals surface area contributed by atoms with E-state index in [0.29, 0.717) is 5.02 Å². The first-order chi connectivity index (χ1) is 7.61. The van der Waals surface area contributed by atoms with Gasteiger partial charge in [0.2, 0.25) is 0 Å². The quantitative estimate of drug-likeness (QED) is 0.623. The molecule has 4 heteroatoms. The molecular weight excluding hydrogens is 283 g/mol. The van der Waals surface area contributed by atoms with E-state index in [1.807, 2.05) is 36.6 Å². The summed E-state index contributed by atoms with van der Waals surface area (Å²) in [5.74, 6) is 0. The van der Waals surface area contributed by atoms with E-state index in [2.05, 4.69) is 0 Å². The third kappa shape index (κ3) is 2.23. The van der Waals surface area contributed by atoms with E-state index in [0.717, 1.165) is 21.0 Å². The Labute approximate surface area is 114 Å². The molecule has 0 saturated heterocycles. The summed E-state index contributed by atoms with van der Waals surface area (Å²) in [6.45, 7) is 1.97. The van der Waals surface area contributed by atoms with Crippen LogP contribution in [-0.4, -0.2) is 0 Å². The molecule has 2 rings (SSSR count). The van der Waals surface area contributed by atoms with Crippen LogP contribution in [0, 0.1) is 6.92 Å². The Morgan fingerprint density at radius 1 is 1.12 bits per heavy atom. The van der Waals surface area contributed by atoms with Crippen molar-refractivity contribution in [1.82, 2.24) is 0 Å². The average Bonchev–Trinajstić information content (AvgIpc) is 2.68. The van der Waals surface area contributed by atoms with Crippen molar-refractivity contribution in [3.05, 3.63) is 55.7 Å². The highest BCUT2D eigenvalue weighted by molar-refractivity contribution is 7.11. The van der Waals surface area contributed by atoms with Gasteiger partial charge in [0.15, 0.2) is 0 Å².